The molecule has 5 nitrogen and oxygen atoms in total. The number of sulfonamides is 1. The van der Waals surface area contributed by atoms with Crippen LogP contribution in [0.3, 0.4) is 0 Å². The van der Waals surface area contributed by atoms with Crippen molar-refractivity contribution in [3.8, 4) is 0 Å². The van der Waals surface area contributed by atoms with Gasteiger partial charge in [0.2, 0.25) is 10.0 Å². The van der Waals surface area contributed by atoms with E-state index in [1.165, 1.54) is 0 Å². The number of piperidine rings is 1. The zero-order chi connectivity index (χ0) is 13.6. The van der Waals surface area contributed by atoms with E-state index in [0.29, 0.717) is 19.1 Å². The number of likely N-dealkylation sites (N-methyl/N-ethyl adjacent to an activating group) is 1. The molecule has 1 aliphatic heterocycles. The van der Waals surface area contributed by atoms with Crippen molar-refractivity contribution in [2.75, 3.05) is 39.1 Å². The van der Waals surface area contributed by atoms with Gasteiger partial charge in [-0.2, -0.15) is 4.31 Å². The van der Waals surface area contributed by atoms with Crippen LogP contribution in [0.1, 0.15) is 26.7 Å². The van der Waals surface area contributed by atoms with Crippen LogP contribution in [0.5, 0.6) is 0 Å². The van der Waals surface area contributed by atoms with Crippen LogP contribution in [0.4, 0.5) is 0 Å². The highest BCUT2D eigenvalue weighted by Crippen LogP contribution is 2.18. The van der Waals surface area contributed by atoms with E-state index in [-0.39, 0.29) is 11.8 Å². The minimum Gasteiger partial charge on any atom is -0.383 e. The summed E-state index contributed by atoms with van der Waals surface area (Å²) in [6, 6.07) is -0.0910. The Morgan fingerprint density at radius 1 is 1.39 bits per heavy atom. The standard InChI is InChI=1S/C12H26N2O3S/c1-4-14(11(2)9-17-3)18(15,16)10-12-5-7-13-8-6-12/h11-13H,4-10H2,1-3H3. The highest BCUT2D eigenvalue weighted by atomic mass is 32.2. The highest BCUT2D eigenvalue weighted by molar-refractivity contribution is 7.89. The summed E-state index contributed by atoms with van der Waals surface area (Å²) >= 11 is 0. The minimum absolute atomic E-state index is 0.0910. The zero-order valence-electron chi connectivity index (χ0n) is 11.7. The molecule has 1 heterocycles. The molecule has 0 aromatic carbocycles. The van der Waals surface area contributed by atoms with E-state index in [1.54, 1.807) is 11.4 Å². The van der Waals surface area contributed by atoms with E-state index in [1.807, 2.05) is 13.8 Å². The Hall–Kier alpha value is -0.170. The Morgan fingerprint density at radius 2 is 2.00 bits per heavy atom. The lowest BCUT2D eigenvalue weighted by molar-refractivity contribution is 0.142. The molecule has 0 radical (unpaired) electrons. The van der Waals surface area contributed by atoms with Gasteiger partial charge in [0, 0.05) is 19.7 Å². The molecule has 1 fully saturated rings. The smallest absolute Gasteiger partial charge is 0.214 e. The molecule has 1 atom stereocenters. The molecule has 1 aliphatic rings. The lowest BCUT2D eigenvalue weighted by Crippen LogP contribution is -2.44. The summed E-state index contributed by atoms with van der Waals surface area (Å²) in [5.41, 5.74) is 0. The predicted molar refractivity (Wildman–Crippen MR) is 73.1 cm³/mol. The van der Waals surface area contributed by atoms with Crippen LogP contribution in [0.15, 0.2) is 0 Å². The van der Waals surface area contributed by atoms with Crippen LogP contribution in [0.2, 0.25) is 0 Å². The summed E-state index contributed by atoms with van der Waals surface area (Å²) in [6.45, 7) is 6.59. The maximum Gasteiger partial charge on any atom is 0.214 e. The van der Waals surface area contributed by atoms with Crippen LogP contribution >= 0.6 is 0 Å². The molecule has 0 aromatic rings. The van der Waals surface area contributed by atoms with Gasteiger partial charge in [-0.05, 0) is 38.8 Å². The Labute approximate surface area is 111 Å². The summed E-state index contributed by atoms with van der Waals surface area (Å²) in [5.74, 6) is 0.566. The molecule has 1 unspecified atom stereocenters. The summed E-state index contributed by atoms with van der Waals surface area (Å²) in [5, 5.41) is 3.26. The van der Waals surface area contributed by atoms with E-state index in [9.17, 15) is 8.42 Å². The van der Waals surface area contributed by atoms with Crippen molar-refractivity contribution in [1.82, 2.24) is 9.62 Å². The lowest BCUT2D eigenvalue weighted by atomic mass is 10.0. The van der Waals surface area contributed by atoms with E-state index in [2.05, 4.69) is 5.32 Å². The quantitative estimate of drug-likeness (QED) is 0.744. The second-order valence-corrected chi connectivity index (χ2v) is 6.95. The number of methoxy groups -OCH3 is 1. The minimum atomic E-state index is -3.17. The van der Waals surface area contributed by atoms with Crippen LogP contribution in [-0.4, -0.2) is 57.9 Å². The fourth-order valence-corrected chi connectivity index (χ4v) is 4.67. The van der Waals surface area contributed by atoms with Crippen molar-refractivity contribution in [2.24, 2.45) is 5.92 Å². The van der Waals surface area contributed by atoms with Gasteiger partial charge in [-0.1, -0.05) is 6.92 Å². The van der Waals surface area contributed by atoms with E-state index < -0.39 is 10.0 Å². The Kier molecular flexibility index (Phi) is 6.55. The molecule has 108 valence electrons. The SMILES string of the molecule is CCN(C(C)COC)S(=O)(=O)CC1CCNCC1. The number of rotatable bonds is 7. The van der Waals surface area contributed by atoms with Gasteiger partial charge in [0.1, 0.15) is 0 Å². The molecule has 0 aliphatic carbocycles. The molecule has 1 rings (SSSR count). The molecule has 0 bridgehead atoms. The van der Waals surface area contributed by atoms with Crippen molar-refractivity contribution in [3.63, 3.8) is 0 Å². The van der Waals surface area contributed by atoms with Gasteiger partial charge in [0.05, 0.1) is 12.4 Å². The first kappa shape index (κ1) is 15.9. The number of nitrogens with one attached hydrogen (secondary N) is 1. The third kappa shape index (κ3) is 4.50. The molecule has 0 amide bonds. The number of ether oxygens (including phenoxy) is 1. The van der Waals surface area contributed by atoms with Crippen LogP contribution in [0.25, 0.3) is 0 Å². The molecule has 1 saturated heterocycles. The molecule has 0 aromatic heterocycles. The normalized spacial score (nSPS) is 20.2. The largest absolute Gasteiger partial charge is 0.383 e. The topological polar surface area (TPSA) is 58.6 Å². The molecular weight excluding hydrogens is 252 g/mol. The number of hydrogen-bond acceptors (Lipinski definition) is 4. The number of hydrogen-bond donors (Lipinski definition) is 1. The van der Waals surface area contributed by atoms with E-state index >= 15 is 0 Å². The highest BCUT2D eigenvalue weighted by Gasteiger charge is 2.29. The summed E-state index contributed by atoms with van der Waals surface area (Å²) in [6.07, 6.45) is 1.91. The van der Waals surface area contributed by atoms with Crippen molar-refractivity contribution in [1.29, 1.82) is 0 Å². The van der Waals surface area contributed by atoms with Crippen LogP contribution in [0, 0.1) is 5.92 Å². The Morgan fingerprint density at radius 3 is 2.50 bits per heavy atom. The van der Waals surface area contributed by atoms with Gasteiger partial charge in [-0.25, -0.2) is 8.42 Å². The lowest BCUT2D eigenvalue weighted by Gasteiger charge is -2.30. The molecule has 18 heavy (non-hydrogen) atoms. The van der Waals surface area contributed by atoms with Crippen molar-refractivity contribution >= 4 is 10.0 Å². The third-order valence-electron chi connectivity index (χ3n) is 3.47. The first-order valence-corrected chi connectivity index (χ1v) is 8.31. The fraction of sp³-hybridized carbons (Fsp3) is 1.00. The van der Waals surface area contributed by atoms with Gasteiger partial charge in [0.15, 0.2) is 0 Å². The third-order valence-corrected chi connectivity index (χ3v) is 5.70. The van der Waals surface area contributed by atoms with Crippen molar-refractivity contribution in [2.45, 2.75) is 32.7 Å². The first-order chi connectivity index (χ1) is 8.51. The van der Waals surface area contributed by atoms with E-state index in [0.717, 1.165) is 25.9 Å². The monoisotopic (exact) mass is 278 g/mol. The molecule has 1 N–H and O–H groups in total. The second kappa shape index (κ2) is 7.43. The summed E-state index contributed by atoms with van der Waals surface area (Å²) in [4.78, 5) is 0. The van der Waals surface area contributed by atoms with Gasteiger partial charge >= 0.3 is 0 Å². The first-order valence-electron chi connectivity index (χ1n) is 6.70. The van der Waals surface area contributed by atoms with Gasteiger partial charge in [0.25, 0.3) is 0 Å². The Bertz CT molecular complexity index is 326. The number of nitrogens with zero attached hydrogens (tertiary/aromatic N) is 1. The van der Waals surface area contributed by atoms with Crippen LogP contribution in [-0.2, 0) is 14.8 Å². The average molecular weight is 278 g/mol. The van der Waals surface area contributed by atoms with Gasteiger partial charge in [-0.3, -0.25) is 0 Å². The second-order valence-electron chi connectivity index (χ2n) is 4.98. The summed E-state index contributed by atoms with van der Waals surface area (Å²) < 4.78 is 31.4. The van der Waals surface area contributed by atoms with E-state index in [4.69, 9.17) is 4.74 Å². The predicted octanol–water partition coefficient (Wildman–Crippen LogP) is 0.673. The fourth-order valence-electron chi connectivity index (χ4n) is 2.55. The molecular formula is C12H26N2O3S. The molecule has 0 spiro atoms. The maximum atomic E-state index is 12.4. The average Bonchev–Trinajstić information content (AvgIpc) is 2.30. The molecule has 6 heteroatoms. The van der Waals surface area contributed by atoms with Gasteiger partial charge < -0.3 is 10.1 Å². The zero-order valence-corrected chi connectivity index (χ0v) is 12.5. The van der Waals surface area contributed by atoms with Crippen molar-refractivity contribution in [3.05, 3.63) is 0 Å². The van der Waals surface area contributed by atoms with Gasteiger partial charge in [-0.15, -0.1) is 0 Å². The van der Waals surface area contributed by atoms with Crippen molar-refractivity contribution < 1.29 is 13.2 Å². The molecule has 0 saturated carbocycles. The maximum absolute atomic E-state index is 12.4. The van der Waals surface area contributed by atoms with Crippen LogP contribution < -0.4 is 5.32 Å². The Balaban J connectivity index is 2.63. The summed E-state index contributed by atoms with van der Waals surface area (Å²) in [7, 11) is -1.57.